The molecule has 0 spiro atoms. The first-order chi connectivity index (χ1) is 37.6. The number of ether oxygens (including phenoxy) is 7. The average Bonchev–Trinajstić information content (AvgIpc) is 3.43. The van der Waals surface area contributed by atoms with Gasteiger partial charge in [-0.05, 0) is 58.4 Å². The summed E-state index contributed by atoms with van der Waals surface area (Å²) in [6.45, 7) is 13.3. The van der Waals surface area contributed by atoms with Crippen molar-refractivity contribution >= 4 is 41.9 Å². The molecular weight excluding hydrogens is 1020 g/mol. The van der Waals surface area contributed by atoms with E-state index >= 15 is 0 Å². The molecule has 0 fully saturated rings. The molecule has 0 aliphatic rings. The monoisotopic (exact) mass is 1100 g/mol. The molecule has 1 aromatic heterocycles. The number of amides is 4. The minimum absolute atomic E-state index is 0.00332. The molecule has 3 aromatic carbocycles. The molecule has 0 saturated carbocycles. The van der Waals surface area contributed by atoms with Gasteiger partial charge in [0.1, 0.15) is 44.6 Å². The van der Waals surface area contributed by atoms with Crippen molar-refractivity contribution in [3.05, 3.63) is 126 Å². The van der Waals surface area contributed by atoms with Gasteiger partial charge in [-0.3, -0.25) is 20.0 Å². The third-order valence-corrected chi connectivity index (χ3v) is 12.3. The highest BCUT2D eigenvalue weighted by molar-refractivity contribution is 5.88. The second kappa shape index (κ2) is 32.5. The second-order valence-corrected chi connectivity index (χ2v) is 21.5. The summed E-state index contributed by atoms with van der Waals surface area (Å²) in [7, 11) is 2.66. The molecule has 20 heteroatoms. The van der Waals surface area contributed by atoms with Crippen LogP contribution in [0.3, 0.4) is 0 Å². The minimum atomic E-state index is -1.17. The summed E-state index contributed by atoms with van der Waals surface area (Å²) in [5.74, 6) is -3.37. The fraction of sp³-hybridized carbons (Fsp3) is 0.492. The van der Waals surface area contributed by atoms with Gasteiger partial charge in [-0.15, -0.1) is 0 Å². The summed E-state index contributed by atoms with van der Waals surface area (Å²) in [5.41, 5.74) is 5.22. The van der Waals surface area contributed by atoms with Gasteiger partial charge in [0, 0.05) is 37.8 Å². The van der Waals surface area contributed by atoms with E-state index in [9.17, 15) is 33.6 Å². The molecule has 5 unspecified atom stereocenters. The molecule has 0 bridgehead atoms. The zero-order valence-corrected chi connectivity index (χ0v) is 47.2. The zero-order valence-electron chi connectivity index (χ0n) is 47.2. The number of hydrazine groups is 1. The lowest BCUT2D eigenvalue weighted by molar-refractivity contribution is -0.161. The molecule has 430 valence electrons. The van der Waals surface area contributed by atoms with Crippen molar-refractivity contribution in [1.29, 1.82) is 0 Å². The number of benzene rings is 3. The molecule has 0 aliphatic heterocycles. The Morgan fingerprint density at radius 1 is 0.633 bits per heavy atom. The lowest BCUT2D eigenvalue weighted by Gasteiger charge is -2.36. The lowest BCUT2D eigenvalue weighted by atomic mass is 9.79. The van der Waals surface area contributed by atoms with Gasteiger partial charge in [-0.25, -0.2) is 29.0 Å². The number of nitrogens with zero attached hydrogens (tertiary/aromatic N) is 2. The van der Waals surface area contributed by atoms with Crippen molar-refractivity contribution < 1.29 is 66.7 Å². The highest BCUT2D eigenvalue weighted by atomic mass is 16.6. The highest BCUT2D eigenvalue weighted by Crippen LogP contribution is 2.28. The van der Waals surface area contributed by atoms with E-state index in [1.54, 1.807) is 64.9 Å². The Balaban J connectivity index is 1.67. The summed E-state index contributed by atoms with van der Waals surface area (Å²) >= 11 is 0. The number of hydrogen-bond acceptors (Lipinski definition) is 16. The van der Waals surface area contributed by atoms with E-state index < -0.39 is 83.7 Å². The first kappa shape index (κ1) is 64.1. The van der Waals surface area contributed by atoms with Crippen LogP contribution >= 0.6 is 0 Å². The third kappa shape index (κ3) is 23.6. The average molecular weight is 1100 g/mol. The van der Waals surface area contributed by atoms with Crippen LogP contribution in [0.5, 0.6) is 0 Å². The largest absolute Gasteiger partial charge is 0.462 e. The number of Topliss-reactive ketones (excluding diaryl/α,β-unsaturated/α-hetero) is 1. The molecule has 1 heterocycles. The highest BCUT2D eigenvalue weighted by Gasteiger charge is 2.39. The number of methoxy groups -OCH3 is 2. The fourth-order valence-electron chi connectivity index (χ4n) is 8.29. The van der Waals surface area contributed by atoms with Gasteiger partial charge in [-0.1, -0.05) is 146 Å². The number of ketones is 1. The summed E-state index contributed by atoms with van der Waals surface area (Å²) < 4.78 is 38.1. The SMILES string of the molecule is COCCOC(=O)NC(C(=O)CC(Cc1ccccc1)C(CN(Cc1ccc(-c2ccccn2)cc1)NC(=O)C(NC(=O)OC)C(C)(C)C)OC(=O)COCCOC(=O)C(CC(C)C)NC(=O)OCc1ccccc1)C(C)(C)C. The topological polar surface area (TPSA) is 248 Å². The molecule has 0 radical (unpaired) electrons. The van der Waals surface area contributed by atoms with Crippen molar-refractivity contribution in [2.75, 3.05) is 53.8 Å². The predicted molar refractivity (Wildman–Crippen MR) is 295 cm³/mol. The smallest absolute Gasteiger partial charge is 0.408 e. The third-order valence-electron chi connectivity index (χ3n) is 12.3. The molecule has 5 atom stereocenters. The Hall–Kier alpha value is -7.42. The van der Waals surface area contributed by atoms with E-state index in [0.29, 0.717) is 0 Å². The lowest BCUT2D eigenvalue weighted by Crippen LogP contribution is -2.58. The van der Waals surface area contributed by atoms with Crippen LogP contribution in [0, 0.1) is 22.7 Å². The molecule has 4 N–H and O–H groups in total. The summed E-state index contributed by atoms with van der Waals surface area (Å²) in [4.78, 5) is 99.5. The number of carbonyl (C=O) groups is 7. The van der Waals surface area contributed by atoms with E-state index in [1.165, 1.54) is 14.2 Å². The first-order valence-electron chi connectivity index (χ1n) is 26.4. The second-order valence-electron chi connectivity index (χ2n) is 21.5. The Labute approximate surface area is 464 Å². The van der Waals surface area contributed by atoms with E-state index in [1.807, 2.05) is 105 Å². The van der Waals surface area contributed by atoms with Gasteiger partial charge in [0.05, 0.1) is 38.6 Å². The number of esters is 2. The van der Waals surface area contributed by atoms with Gasteiger partial charge in [0.2, 0.25) is 0 Å². The van der Waals surface area contributed by atoms with Crippen LogP contribution in [0.15, 0.2) is 109 Å². The molecule has 4 aromatic rings. The van der Waals surface area contributed by atoms with Crippen molar-refractivity contribution in [1.82, 2.24) is 31.4 Å². The number of pyridine rings is 1. The molecule has 20 nitrogen and oxygen atoms in total. The van der Waals surface area contributed by atoms with Gasteiger partial charge in [0.25, 0.3) is 5.91 Å². The number of aromatic nitrogens is 1. The quantitative estimate of drug-likeness (QED) is 0.0168. The standard InChI is InChI=1S/C59H80N6O14/c1-40(2)33-47(61-56(71)78-38-43-21-15-12-16-22-43)54(69)76-32-30-75-39-50(67)79-49(45(34-41-19-13-11-14-20-41)35-48(66)51(58(3,4)5)62-57(72)77-31-29-73-9)37-65(64-53(68)52(59(6,7)8)63-55(70)74-10)36-42-24-26-44(27-25-42)46-23-17-18-28-60-46/h11-28,40,45,47,49,51-52H,29-39H2,1-10H3,(H,61,71)(H,62,72)(H,63,70)(H,64,68). The molecule has 4 rings (SSSR count). The van der Waals surface area contributed by atoms with Gasteiger partial charge >= 0.3 is 30.2 Å². The molecule has 0 aliphatic carbocycles. The van der Waals surface area contributed by atoms with Crippen molar-refractivity contribution in [3.8, 4) is 11.3 Å². The van der Waals surface area contributed by atoms with Crippen LogP contribution in [-0.4, -0.2) is 130 Å². The summed E-state index contributed by atoms with van der Waals surface area (Å²) in [6, 6.07) is 28.2. The molecular formula is C59H80N6O14. The maximum Gasteiger partial charge on any atom is 0.408 e. The number of hydrogen-bond donors (Lipinski definition) is 4. The van der Waals surface area contributed by atoms with E-state index in [2.05, 4.69) is 26.4 Å². The van der Waals surface area contributed by atoms with Crippen LogP contribution in [0.2, 0.25) is 0 Å². The van der Waals surface area contributed by atoms with Crippen molar-refractivity contribution in [2.45, 2.75) is 112 Å². The Bertz CT molecular complexity index is 2520. The number of alkyl carbamates (subject to hydrolysis) is 3. The summed E-state index contributed by atoms with van der Waals surface area (Å²) in [6.07, 6.45) is -1.70. The molecule has 0 saturated heterocycles. The zero-order chi connectivity index (χ0) is 58.0. The van der Waals surface area contributed by atoms with Crippen molar-refractivity contribution in [3.63, 3.8) is 0 Å². The number of carbonyl (C=O) groups excluding carboxylic acids is 7. The normalized spacial score (nSPS) is 13.4. The van der Waals surface area contributed by atoms with Gasteiger partial charge in [0.15, 0.2) is 5.78 Å². The Kier molecular flexibility index (Phi) is 26.4. The number of nitrogens with one attached hydrogen (secondary N) is 4. The van der Waals surface area contributed by atoms with Crippen LogP contribution in [-0.2, 0) is 71.9 Å². The van der Waals surface area contributed by atoms with E-state index in [-0.39, 0.29) is 77.1 Å². The predicted octanol–water partition coefficient (Wildman–Crippen LogP) is 7.77. The van der Waals surface area contributed by atoms with Crippen molar-refractivity contribution in [2.24, 2.45) is 22.7 Å². The van der Waals surface area contributed by atoms with E-state index in [4.69, 9.17) is 33.2 Å². The molecule has 79 heavy (non-hydrogen) atoms. The maximum atomic E-state index is 14.8. The molecule has 4 amide bonds. The van der Waals surface area contributed by atoms with Gasteiger partial charge < -0.3 is 49.1 Å². The Morgan fingerprint density at radius 2 is 1.24 bits per heavy atom. The minimum Gasteiger partial charge on any atom is -0.462 e. The number of rotatable bonds is 30. The van der Waals surface area contributed by atoms with Crippen LogP contribution in [0.4, 0.5) is 14.4 Å². The van der Waals surface area contributed by atoms with Crippen LogP contribution < -0.4 is 21.4 Å². The van der Waals surface area contributed by atoms with Gasteiger partial charge in [-0.2, -0.15) is 0 Å². The first-order valence-corrected chi connectivity index (χ1v) is 26.4. The van der Waals surface area contributed by atoms with Crippen LogP contribution in [0.1, 0.15) is 84.9 Å². The van der Waals surface area contributed by atoms with Crippen LogP contribution in [0.25, 0.3) is 11.3 Å². The Morgan fingerprint density at radius 3 is 1.84 bits per heavy atom. The summed E-state index contributed by atoms with van der Waals surface area (Å²) in [5, 5.41) is 9.52. The fourth-order valence-corrected chi connectivity index (χ4v) is 8.29. The maximum absolute atomic E-state index is 14.8. The van der Waals surface area contributed by atoms with E-state index in [0.717, 1.165) is 27.9 Å².